The molecule has 19 heteroatoms. The minimum Gasteiger partial charge on any atom is -0.462 e. The summed E-state index contributed by atoms with van der Waals surface area (Å²) in [6.45, 7) is 7.23. The molecule has 0 bridgehead atoms. The Morgan fingerprint density at radius 3 is 0.854 bits per heavy atom. The lowest BCUT2D eigenvalue weighted by Crippen LogP contribution is -2.30. The third-order valence-corrected chi connectivity index (χ3v) is 19.3. The fourth-order valence-corrected chi connectivity index (χ4v) is 12.9. The number of carbonyl (C=O) groups is 4. The standard InChI is InChI=1S/C77H146O17P2/c1-6-9-12-15-18-21-23-25-27-28-30-34-39-43-48-53-58-63-77(82)94-73(67-88-75(80)61-56-51-46-41-37-35-31-32-36-40-44-49-54-59-70(4)5)69-92-96(85,86)90-65-71(78)64-89-95(83,84)91-68-72(66-87-74(79)60-55-50-45-20-17-14-11-8-3)93-76(81)62-57-52-47-42-38-33-29-26-24-22-19-16-13-10-7-2/h22,24,26,29,70-73,78H,6-21,23,25,27-28,30-69H2,1-5H3,(H,83,84)(H,85,86)/b24-22-,29-26-/t71-,72+,73+/m0/s1. The summed E-state index contributed by atoms with van der Waals surface area (Å²) in [5.41, 5.74) is 0. The number of allylic oxidation sites excluding steroid dienone is 4. The molecule has 0 aromatic heterocycles. The molecule has 566 valence electrons. The molecule has 0 aliphatic carbocycles. The van der Waals surface area contributed by atoms with Gasteiger partial charge in [-0.3, -0.25) is 37.3 Å². The topological polar surface area (TPSA) is 237 Å². The highest BCUT2D eigenvalue weighted by molar-refractivity contribution is 7.47. The Morgan fingerprint density at radius 1 is 0.323 bits per heavy atom. The number of aliphatic hydroxyl groups excluding tert-OH is 1. The average Bonchev–Trinajstić information content (AvgIpc) is 1.97. The first-order chi connectivity index (χ1) is 46.5. The molecule has 2 unspecified atom stereocenters. The fourth-order valence-electron chi connectivity index (χ4n) is 11.3. The van der Waals surface area contributed by atoms with Crippen LogP contribution in [0.25, 0.3) is 0 Å². The van der Waals surface area contributed by atoms with E-state index in [-0.39, 0.29) is 25.7 Å². The molecule has 0 saturated heterocycles. The number of hydrogen-bond acceptors (Lipinski definition) is 15. The van der Waals surface area contributed by atoms with E-state index in [1.807, 2.05) is 0 Å². The minimum atomic E-state index is -4.96. The predicted octanol–water partition coefficient (Wildman–Crippen LogP) is 22.4. The van der Waals surface area contributed by atoms with Crippen LogP contribution >= 0.6 is 15.6 Å². The molecule has 17 nitrogen and oxygen atoms in total. The van der Waals surface area contributed by atoms with Crippen molar-refractivity contribution in [3.05, 3.63) is 24.3 Å². The molecule has 0 fully saturated rings. The largest absolute Gasteiger partial charge is 0.472 e. The highest BCUT2D eigenvalue weighted by Crippen LogP contribution is 2.45. The van der Waals surface area contributed by atoms with Crippen molar-refractivity contribution in [3.8, 4) is 0 Å². The molecule has 5 atom stereocenters. The van der Waals surface area contributed by atoms with Gasteiger partial charge in [-0.1, -0.05) is 329 Å². The van der Waals surface area contributed by atoms with E-state index in [1.54, 1.807) is 0 Å². The van der Waals surface area contributed by atoms with E-state index in [4.69, 9.17) is 37.0 Å². The van der Waals surface area contributed by atoms with Crippen LogP contribution in [0.4, 0.5) is 0 Å². The Labute approximate surface area is 586 Å². The summed E-state index contributed by atoms with van der Waals surface area (Å²) in [4.78, 5) is 72.8. The van der Waals surface area contributed by atoms with Crippen molar-refractivity contribution < 1.29 is 80.2 Å². The minimum absolute atomic E-state index is 0.0851. The molecular weight excluding hydrogens is 1260 g/mol. The molecule has 0 aliphatic heterocycles. The van der Waals surface area contributed by atoms with Crippen molar-refractivity contribution in [1.82, 2.24) is 0 Å². The lowest BCUT2D eigenvalue weighted by atomic mass is 10.0. The molecule has 0 aliphatic rings. The maximum absolute atomic E-state index is 13.1. The van der Waals surface area contributed by atoms with Gasteiger partial charge in [-0.25, -0.2) is 9.13 Å². The van der Waals surface area contributed by atoms with Crippen LogP contribution < -0.4 is 0 Å². The zero-order valence-corrected chi connectivity index (χ0v) is 63.8. The van der Waals surface area contributed by atoms with Crippen molar-refractivity contribution in [2.75, 3.05) is 39.6 Å². The Morgan fingerprint density at radius 2 is 0.562 bits per heavy atom. The van der Waals surface area contributed by atoms with Crippen LogP contribution in [0, 0.1) is 5.92 Å². The van der Waals surface area contributed by atoms with Crippen LogP contribution in [-0.4, -0.2) is 96.7 Å². The maximum Gasteiger partial charge on any atom is 0.472 e. The quantitative estimate of drug-likeness (QED) is 0.0169. The molecule has 96 heavy (non-hydrogen) atoms. The molecular formula is C77H146O17P2. The van der Waals surface area contributed by atoms with Gasteiger partial charge in [0.25, 0.3) is 0 Å². The van der Waals surface area contributed by atoms with Crippen LogP contribution in [0.15, 0.2) is 24.3 Å². The smallest absolute Gasteiger partial charge is 0.462 e. The van der Waals surface area contributed by atoms with E-state index >= 15 is 0 Å². The third-order valence-electron chi connectivity index (χ3n) is 17.4. The van der Waals surface area contributed by atoms with Gasteiger partial charge >= 0.3 is 39.5 Å². The maximum atomic E-state index is 13.1. The van der Waals surface area contributed by atoms with Gasteiger partial charge in [0.15, 0.2) is 12.2 Å². The molecule has 3 N–H and O–H groups in total. The molecule has 0 saturated carbocycles. The average molecular weight is 1410 g/mol. The fraction of sp³-hybridized carbons (Fsp3) is 0.896. The zero-order chi connectivity index (χ0) is 70.5. The van der Waals surface area contributed by atoms with Crippen molar-refractivity contribution in [1.29, 1.82) is 0 Å². The monoisotopic (exact) mass is 1410 g/mol. The number of rotatable bonds is 75. The van der Waals surface area contributed by atoms with Gasteiger partial charge in [-0.05, 0) is 57.3 Å². The van der Waals surface area contributed by atoms with Crippen molar-refractivity contribution in [2.45, 2.75) is 400 Å². The first-order valence-electron chi connectivity index (χ1n) is 39.5. The summed E-state index contributed by atoms with van der Waals surface area (Å²) >= 11 is 0. The van der Waals surface area contributed by atoms with Gasteiger partial charge in [0.05, 0.1) is 26.4 Å². The van der Waals surface area contributed by atoms with E-state index in [1.165, 1.54) is 186 Å². The highest BCUT2D eigenvalue weighted by Gasteiger charge is 2.30. The van der Waals surface area contributed by atoms with E-state index in [0.29, 0.717) is 25.7 Å². The molecule has 0 spiro atoms. The second kappa shape index (κ2) is 69.6. The van der Waals surface area contributed by atoms with Crippen LogP contribution in [0.1, 0.15) is 381 Å². The number of hydrogen-bond donors (Lipinski definition) is 3. The Balaban J connectivity index is 5.25. The molecule has 0 aromatic rings. The Kier molecular flexibility index (Phi) is 67.8. The van der Waals surface area contributed by atoms with Gasteiger partial charge in [0, 0.05) is 25.7 Å². The van der Waals surface area contributed by atoms with Gasteiger partial charge in [0.2, 0.25) is 0 Å². The molecule has 0 rings (SSSR count). The Bertz CT molecular complexity index is 1930. The number of carbonyl (C=O) groups excluding carboxylic acids is 4. The Hall–Kier alpha value is -2.46. The van der Waals surface area contributed by atoms with E-state index in [2.05, 4.69) is 58.9 Å². The van der Waals surface area contributed by atoms with Gasteiger partial charge < -0.3 is 33.8 Å². The summed E-state index contributed by atoms with van der Waals surface area (Å²) in [7, 11) is -9.92. The van der Waals surface area contributed by atoms with Crippen LogP contribution in [-0.2, 0) is 65.4 Å². The third kappa shape index (κ3) is 70.0. The lowest BCUT2D eigenvalue weighted by molar-refractivity contribution is -0.161. The lowest BCUT2D eigenvalue weighted by Gasteiger charge is -2.21. The van der Waals surface area contributed by atoms with Gasteiger partial charge in [-0.15, -0.1) is 0 Å². The van der Waals surface area contributed by atoms with Gasteiger partial charge in [-0.2, -0.15) is 0 Å². The number of aliphatic hydroxyl groups is 1. The number of ether oxygens (including phenoxy) is 4. The number of phosphoric acid groups is 2. The normalized spacial score (nSPS) is 14.1. The number of esters is 4. The van der Waals surface area contributed by atoms with Crippen molar-refractivity contribution in [2.24, 2.45) is 5.92 Å². The summed E-state index contributed by atoms with van der Waals surface area (Å²) < 4.78 is 68.5. The van der Waals surface area contributed by atoms with Crippen molar-refractivity contribution in [3.63, 3.8) is 0 Å². The molecule has 0 aromatic carbocycles. The summed E-state index contributed by atoms with van der Waals surface area (Å²) in [5.74, 6) is -1.36. The number of phosphoric ester groups is 2. The first-order valence-corrected chi connectivity index (χ1v) is 42.4. The molecule has 0 amide bonds. The van der Waals surface area contributed by atoms with E-state index in [9.17, 15) is 43.2 Å². The molecule has 0 radical (unpaired) electrons. The van der Waals surface area contributed by atoms with Crippen LogP contribution in [0.5, 0.6) is 0 Å². The number of unbranched alkanes of at least 4 members (excludes halogenated alkanes) is 44. The second-order valence-corrected chi connectivity index (χ2v) is 30.4. The molecule has 0 heterocycles. The predicted molar refractivity (Wildman–Crippen MR) is 391 cm³/mol. The SMILES string of the molecule is CCCCCC/C=C\C=C/CCCCCCCC(=O)O[C@H](COC(=O)CCCCCCCCCC)COP(=O)(O)OC[C@H](O)COP(=O)(O)OC[C@@H](COC(=O)CCCCCCCCCCCCCCCC(C)C)OC(=O)CCCCCCCCCCCCCCCCCCC. The van der Waals surface area contributed by atoms with Crippen molar-refractivity contribution >= 4 is 39.5 Å². The summed E-state index contributed by atoms with van der Waals surface area (Å²) in [6.07, 6.45) is 61.8. The van der Waals surface area contributed by atoms with E-state index in [0.717, 1.165) is 115 Å². The van der Waals surface area contributed by atoms with E-state index < -0.39 is 97.5 Å². The van der Waals surface area contributed by atoms with Crippen LogP contribution in [0.2, 0.25) is 0 Å². The van der Waals surface area contributed by atoms with Crippen LogP contribution in [0.3, 0.4) is 0 Å². The zero-order valence-electron chi connectivity index (χ0n) is 62.0. The highest BCUT2D eigenvalue weighted by atomic mass is 31.2. The summed E-state index contributed by atoms with van der Waals surface area (Å²) in [6, 6.07) is 0. The van der Waals surface area contributed by atoms with Gasteiger partial charge in [0.1, 0.15) is 19.3 Å². The first kappa shape index (κ1) is 93.5. The second-order valence-electron chi connectivity index (χ2n) is 27.5. The summed E-state index contributed by atoms with van der Waals surface area (Å²) in [5, 5.41) is 10.6.